The predicted molar refractivity (Wildman–Crippen MR) is 39.7 cm³/mol. The normalized spacial score (nSPS) is 52.2. The van der Waals surface area contributed by atoms with Gasteiger partial charge < -0.3 is 10.5 Å². The molecule has 2 bridgehead atoms. The van der Waals surface area contributed by atoms with E-state index >= 15 is 0 Å². The van der Waals surface area contributed by atoms with Gasteiger partial charge in [-0.2, -0.15) is 0 Å². The van der Waals surface area contributed by atoms with E-state index in [-0.39, 0.29) is 5.60 Å². The van der Waals surface area contributed by atoms with E-state index in [1.54, 1.807) is 0 Å². The Bertz CT molecular complexity index is 149. The van der Waals surface area contributed by atoms with Crippen LogP contribution in [-0.2, 0) is 4.74 Å². The first-order chi connectivity index (χ1) is 4.68. The topological polar surface area (TPSA) is 35.2 Å². The molecular weight excluding hydrogens is 126 g/mol. The SMILES string of the molecule is CC12CC(CN)(CCO1)C2. The van der Waals surface area contributed by atoms with Crippen LogP contribution in [-0.4, -0.2) is 18.8 Å². The molecule has 3 aliphatic rings. The summed E-state index contributed by atoms with van der Waals surface area (Å²) < 4.78 is 5.60. The van der Waals surface area contributed by atoms with Crippen LogP contribution in [0.1, 0.15) is 26.2 Å². The monoisotopic (exact) mass is 141 g/mol. The summed E-state index contributed by atoms with van der Waals surface area (Å²) in [5.74, 6) is 0. The first-order valence-corrected chi connectivity index (χ1v) is 4.02. The Morgan fingerprint density at radius 1 is 1.50 bits per heavy atom. The van der Waals surface area contributed by atoms with Gasteiger partial charge in [0.1, 0.15) is 0 Å². The van der Waals surface area contributed by atoms with Gasteiger partial charge in [-0.05, 0) is 38.1 Å². The molecule has 0 aromatic heterocycles. The van der Waals surface area contributed by atoms with Gasteiger partial charge in [0.2, 0.25) is 0 Å². The average Bonchev–Trinajstić information content (AvgIpc) is 1.86. The minimum Gasteiger partial charge on any atom is -0.375 e. The molecule has 2 saturated heterocycles. The lowest BCUT2D eigenvalue weighted by Crippen LogP contribution is -2.59. The van der Waals surface area contributed by atoms with E-state index in [1.165, 1.54) is 19.3 Å². The molecule has 2 heteroatoms. The van der Waals surface area contributed by atoms with Crippen LogP contribution in [0.15, 0.2) is 0 Å². The molecule has 2 heterocycles. The maximum Gasteiger partial charge on any atom is 0.0666 e. The molecule has 2 nitrogen and oxygen atoms in total. The summed E-state index contributed by atoms with van der Waals surface area (Å²) in [5.41, 5.74) is 6.36. The molecule has 0 aromatic rings. The minimum absolute atomic E-state index is 0.206. The van der Waals surface area contributed by atoms with Crippen LogP contribution < -0.4 is 5.73 Å². The highest BCUT2D eigenvalue weighted by Crippen LogP contribution is 2.55. The third-order valence-corrected chi connectivity index (χ3v) is 3.01. The lowest BCUT2D eigenvalue weighted by atomic mass is 9.56. The van der Waals surface area contributed by atoms with Crippen molar-refractivity contribution in [3.8, 4) is 0 Å². The Hall–Kier alpha value is -0.0800. The van der Waals surface area contributed by atoms with Crippen LogP contribution in [0, 0.1) is 5.41 Å². The molecule has 0 radical (unpaired) electrons. The van der Waals surface area contributed by atoms with Gasteiger partial charge in [0.05, 0.1) is 5.60 Å². The van der Waals surface area contributed by atoms with Gasteiger partial charge in [-0.3, -0.25) is 0 Å². The van der Waals surface area contributed by atoms with Gasteiger partial charge >= 0.3 is 0 Å². The Morgan fingerprint density at radius 2 is 2.20 bits per heavy atom. The molecule has 0 spiro atoms. The molecule has 2 aliphatic heterocycles. The fraction of sp³-hybridized carbons (Fsp3) is 1.00. The smallest absolute Gasteiger partial charge is 0.0666 e. The maximum atomic E-state index is 5.68. The van der Waals surface area contributed by atoms with Gasteiger partial charge in [-0.25, -0.2) is 0 Å². The first-order valence-electron chi connectivity index (χ1n) is 4.02. The van der Waals surface area contributed by atoms with E-state index < -0.39 is 0 Å². The zero-order valence-electron chi connectivity index (χ0n) is 6.52. The average molecular weight is 141 g/mol. The Labute approximate surface area is 61.7 Å². The van der Waals surface area contributed by atoms with Crippen molar-refractivity contribution in [2.24, 2.45) is 11.1 Å². The van der Waals surface area contributed by atoms with E-state index in [1.807, 2.05) is 0 Å². The second-order valence-electron chi connectivity index (χ2n) is 4.11. The van der Waals surface area contributed by atoms with Gasteiger partial charge in [0.15, 0.2) is 0 Å². The number of nitrogens with two attached hydrogens (primary N) is 1. The van der Waals surface area contributed by atoms with Crippen LogP contribution in [0.4, 0.5) is 0 Å². The zero-order chi connectivity index (χ0) is 7.24. The van der Waals surface area contributed by atoms with Crippen molar-refractivity contribution in [2.75, 3.05) is 13.2 Å². The van der Waals surface area contributed by atoms with Crippen molar-refractivity contribution < 1.29 is 4.74 Å². The highest BCUT2D eigenvalue weighted by atomic mass is 16.5. The van der Waals surface area contributed by atoms with E-state index in [9.17, 15) is 0 Å². The molecule has 2 N–H and O–H groups in total. The van der Waals surface area contributed by atoms with Crippen molar-refractivity contribution in [1.29, 1.82) is 0 Å². The van der Waals surface area contributed by atoms with Crippen LogP contribution in [0.3, 0.4) is 0 Å². The van der Waals surface area contributed by atoms with Crippen molar-refractivity contribution in [3.63, 3.8) is 0 Å². The quantitative estimate of drug-likeness (QED) is 0.589. The minimum atomic E-state index is 0.206. The van der Waals surface area contributed by atoms with E-state index in [2.05, 4.69) is 6.92 Å². The van der Waals surface area contributed by atoms with Crippen LogP contribution >= 0.6 is 0 Å². The van der Waals surface area contributed by atoms with Crippen molar-refractivity contribution in [2.45, 2.75) is 31.8 Å². The van der Waals surface area contributed by atoms with Gasteiger partial charge in [-0.15, -0.1) is 0 Å². The van der Waals surface area contributed by atoms with Gasteiger partial charge in [-0.1, -0.05) is 0 Å². The summed E-state index contributed by atoms with van der Waals surface area (Å²) in [7, 11) is 0. The highest BCUT2D eigenvalue weighted by molar-refractivity contribution is 5.06. The number of hydrogen-bond donors (Lipinski definition) is 1. The number of rotatable bonds is 1. The lowest BCUT2D eigenvalue weighted by Gasteiger charge is -2.58. The zero-order valence-corrected chi connectivity index (χ0v) is 6.52. The van der Waals surface area contributed by atoms with Crippen LogP contribution in [0.2, 0.25) is 0 Å². The second kappa shape index (κ2) is 1.74. The Morgan fingerprint density at radius 3 is 2.60 bits per heavy atom. The van der Waals surface area contributed by atoms with Crippen molar-refractivity contribution in [3.05, 3.63) is 0 Å². The molecule has 0 aromatic carbocycles. The first kappa shape index (κ1) is 6.62. The van der Waals surface area contributed by atoms with Crippen molar-refractivity contribution in [1.82, 2.24) is 0 Å². The fourth-order valence-corrected chi connectivity index (χ4v) is 2.57. The van der Waals surface area contributed by atoms with E-state index in [0.29, 0.717) is 5.41 Å². The summed E-state index contributed by atoms with van der Waals surface area (Å²) in [6.45, 7) is 3.97. The Balaban J connectivity index is 2.08. The molecular formula is C8H15NO. The lowest BCUT2D eigenvalue weighted by molar-refractivity contribution is -0.210. The maximum absolute atomic E-state index is 5.68. The summed E-state index contributed by atoms with van der Waals surface area (Å²) in [5, 5.41) is 0. The van der Waals surface area contributed by atoms with Crippen molar-refractivity contribution >= 4 is 0 Å². The molecule has 1 aliphatic carbocycles. The van der Waals surface area contributed by atoms with Gasteiger partial charge in [0, 0.05) is 6.61 Å². The summed E-state index contributed by atoms with van der Waals surface area (Å²) >= 11 is 0. The third kappa shape index (κ3) is 0.722. The summed E-state index contributed by atoms with van der Waals surface area (Å²) in [6.07, 6.45) is 3.56. The van der Waals surface area contributed by atoms with Gasteiger partial charge in [0.25, 0.3) is 0 Å². The molecule has 0 unspecified atom stereocenters. The standard InChI is InChI=1S/C8H15NO/c1-7-4-8(5-7,6-9)2-3-10-7/h2-6,9H2,1H3. The fourth-order valence-electron chi connectivity index (χ4n) is 2.57. The Kier molecular flexibility index (Phi) is 1.15. The number of ether oxygens (including phenoxy) is 1. The molecule has 0 amide bonds. The van der Waals surface area contributed by atoms with E-state index in [0.717, 1.165) is 13.2 Å². The molecule has 0 atom stereocenters. The summed E-state index contributed by atoms with van der Waals surface area (Å²) in [6, 6.07) is 0. The molecule has 3 fully saturated rings. The molecule has 1 saturated carbocycles. The number of hydrogen-bond acceptors (Lipinski definition) is 2. The predicted octanol–water partition coefficient (Wildman–Crippen LogP) is 0.904. The number of fused-ring (bicyclic) bond motifs is 2. The largest absolute Gasteiger partial charge is 0.375 e. The van der Waals surface area contributed by atoms with Crippen LogP contribution in [0.5, 0.6) is 0 Å². The summed E-state index contributed by atoms with van der Waals surface area (Å²) in [4.78, 5) is 0. The molecule has 58 valence electrons. The van der Waals surface area contributed by atoms with E-state index in [4.69, 9.17) is 10.5 Å². The van der Waals surface area contributed by atoms with Crippen LogP contribution in [0.25, 0.3) is 0 Å². The highest BCUT2D eigenvalue weighted by Gasteiger charge is 2.54. The molecule has 10 heavy (non-hydrogen) atoms. The molecule has 3 rings (SSSR count). The third-order valence-electron chi connectivity index (χ3n) is 3.01. The second-order valence-corrected chi connectivity index (χ2v) is 4.11.